The van der Waals surface area contributed by atoms with Crippen LogP contribution in [0.5, 0.6) is 0 Å². The third-order valence-corrected chi connectivity index (χ3v) is 9.91. The first-order valence-corrected chi connectivity index (χ1v) is 18.6. The molecule has 0 bridgehead atoms. The Morgan fingerprint density at radius 1 is 0.661 bits per heavy atom. The maximum absolute atomic E-state index is 13.7. The molecule has 0 fully saturated rings. The molecule has 0 saturated heterocycles. The minimum Gasteiger partial charge on any atom is -0.744 e. The maximum Gasteiger partial charge on any atom is 1.00 e. The van der Waals surface area contributed by atoms with Crippen molar-refractivity contribution in [3.8, 4) is 11.1 Å². The van der Waals surface area contributed by atoms with Gasteiger partial charge in [-0.1, -0.05) is 30.3 Å². The molecule has 0 unspecified atom stereocenters. The molecule has 0 saturated carbocycles. The Kier molecular flexibility index (Phi) is 13.9. The second-order valence-electron chi connectivity index (χ2n) is 12.0. The van der Waals surface area contributed by atoms with Crippen LogP contribution >= 0.6 is 0 Å². The fraction of sp³-hybridized carbons (Fsp3) is 0.0556. The Morgan fingerprint density at radius 3 is 1.75 bits per heavy atom. The van der Waals surface area contributed by atoms with Crippen LogP contribution in [-0.4, -0.2) is 37.4 Å². The Hall–Kier alpha value is -4.60. The summed E-state index contributed by atoms with van der Waals surface area (Å²) in [6, 6.07) is 24.5. The van der Waals surface area contributed by atoms with Gasteiger partial charge in [-0.15, -0.1) is 10.2 Å². The predicted octanol–water partition coefficient (Wildman–Crippen LogP) is 1.01. The van der Waals surface area contributed by atoms with Gasteiger partial charge < -0.3 is 26.3 Å². The molecule has 0 heterocycles. The van der Waals surface area contributed by atoms with Crippen molar-refractivity contribution in [3.63, 3.8) is 0 Å². The molecule has 1 aliphatic carbocycles. The van der Waals surface area contributed by atoms with Crippen LogP contribution in [0.25, 0.3) is 17.2 Å². The first kappa shape index (κ1) is 44.1. The van der Waals surface area contributed by atoms with E-state index in [1.54, 1.807) is 73.7 Å². The molecule has 16 nitrogen and oxygen atoms in total. The van der Waals surface area contributed by atoms with E-state index >= 15 is 0 Å². The number of fused-ring (bicyclic) bond motifs is 1. The van der Waals surface area contributed by atoms with Crippen LogP contribution in [0.4, 0.5) is 45.5 Å². The van der Waals surface area contributed by atoms with Crippen LogP contribution < -0.4 is 81.7 Å². The minimum absolute atomic E-state index is 0. The number of allylic oxidation sites excluding steroid dienone is 1. The van der Waals surface area contributed by atoms with Crippen LogP contribution in [0, 0.1) is 13.8 Å². The number of hydrogen-bond acceptors (Lipinski definition) is 16. The summed E-state index contributed by atoms with van der Waals surface area (Å²) >= 11 is 0. The van der Waals surface area contributed by atoms with Crippen molar-refractivity contribution in [1.29, 1.82) is 0 Å². The number of nitrogens with one attached hydrogen (secondary N) is 1. The van der Waals surface area contributed by atoms with Crippen molar-refractivity contribution in [1.82, 2.24) is 0 Å². The molecule has 274 valence electrons. The van der Waals surface area contributed by atoms with Crippen LogP contribution in [-0.2, 0) is 20.2 Å². The van der Waals surface area contributed by atoms with Crippen LogP contribution in [0.1, 0.15) is 27.0 Å². The summed E-state index contributed by atoms with van der Waals surface area (Å²) in [5.74, 6) is -1.13. The van der Waals surface area contributed by atoms with Crippen LogP contribution in [0.3, 0.4) is 0 Å². The van der Waals surface area contributed by atoms with E-state index in [4.69, 9.17) is 17.2 Å². The second kappa shape index (κ2) is 17.7. The van der Waals surface area contributed by atoms with E-state index in [0.29, 0.717) is 34.0 Å². The first-order chi connectivity index (χ1) is 25.5. The number of Topliss-reactive ketones (excluding diaryl/α,β-unsaturated/α-hetero) is 1. The molecular formula is C36H29N9Na2O7S2. The van der Waals surface area contributed by atoms with E-state index in [1.807, 2.05) is 25.1 Å². The van der Waals surface area contributed by atoms with Crippen LogP contribution in [0.15, 0.2) is 126 Å². The number of nitrogens with zero attached hydrogens (tertiary/aromatic N) is 5. The molecule has 20 heteroatoms. The molecule has 5 aromatic rings. The van der Waals surface area contributed by atoms with E-state index in [2.05, 4.69) is 31.0 Å². The number of hydrazone groups is 1. The summed E-state index contributed by atoms with van der Waals surface area (Å²) in [4.78, 5) is 11.6. The molecule has 0 aliphatic heterocycles. The van der Waals surface area contributed by atoms with Crippen molar-refractivity contribution in [2.75, 3.05) is 22.6 Å². The summed E-state index contributed by atoms with van der Waals surface area (Å²) in [6.07, 6.45) is 0.728. The fourth-order valence-electron chi connectivity index (χ4n) is 5.49. The average Bonchev–Trinajstić information content (AvgIpc) is 3.10. The van der Waals surface area contributed by atoms with Crippen LogP contribution in [0.2, 0.25) is 0 Å². The summed E-state index contributed by atoms with van der Waals surface area (Å²) in [5.41, 5.74) is 23.3. The number of carbonyl (C=O) groups excluding carboxylic acids is 1. The minimum atomic E-state index is -5.33. The molecule has 7 N–H and O–H groups in total. The normalized spacial score (nSPS) is 13.6. The van der Waals surface area contributed by atoms with Gasteiger partial charge >= 0.3 is 59.1 Å². The molecule has 56 heavy (non-hydrogen) atoms. The zero-order valence-electron chi connectivity index (χ0n) is 30.4. The molecule has 0 amide bonds. The maximum atomic E-state index is 13.7. The van der Waals surface area contributed by atoms with Gasteiger partial charge in [0.25, 0.3) is 0 Å². The largest absolute Gasteiger partial charge is 1.00 e. The SMILES string of the molecule is Cc1cc(-c2ccc(N=Nc3c(S(=O)(=O)[O-])cc4c(c3N)C(=O)/C(=N\Nc3ccccc3)C(S(=O)(=O)[O-])=C4)c(C)c2)ccc1N=Nc1ccc(N)cc1N.[Na+].[Na+]. The van der Waals surface area contributed by atoms with E-state index < -0.39 is 64.0 Å². The second-order valence-corrected chi connectivity index (χ2v) is 14.7. The number of aryl methyl sites for hydroxylation is 2. The van der Waals surface area contributed by atoms with Gasteiger partial charge in [0.2, 0.25) is 5.78 Å². The molecular weight excluding hydrogens is 781 g/mol. The monoisotopic (exact) mass is 809 g/mol. The molecule has 0 aromatic heterocycles. The van der Waals surface area contributed by atoms with E-state index in [-0.39, 0.29) is 64.8 Å². The third-order valence-electron chi connectivity index (χ3n) is 8.21. The zero-order chi connectivity index (χ0) is 38.9. The molecule has 6 rings (SSSR count). The number of hydrogen-bond donors (Lipinski definition) is 4. The summed E-state index contributed by atoms with van der Waals surface area (Å²) in [6.45, 7) is 3.60. The Balaban J connectivity index is 0.00000348. The topological polar surface area (TPSA) is 283 Å². The Labute approximate surface area is 366 Å². The standard InChI is InChI=1S/C36H31N9O7S2.2Na/c1-19-14-21(8-11-27(19)41-43-29-13-10-24(37)18-26(29)38)22-9-12-28(20(2)15-22)42-44-34-30(53(47,48)49)16-23-17-31(54(50,51)52)35(36(46)32(23)33(34)39)45-40-25-6-4-3-5-7-25;;/h3-18,40H,37-39H2,1-2H3,(H,47,48,49)(H,50,51,52);;/q;2*+1/p-2/b43-41?,44-42?,45-35-;;. The van der Waals surface area contributed by atoms with Gasteiger partial charge in [-0.05, 0) is 108 Å². The summed E-state index contributed by atoms with van der Waals surface area (Å²) in [5, 5.41) is 20.5. The zero-order valence-corrected chi connectivity index (χ0v) is 36.0. The molecule has 0 radical (unpaired) electrons. The van der Waals surface area contributed by atoms with E-state index in [0.717, 1.165) is 28.8 Å². The number of azo groups is 2. The molecule has 5 aromatic carbocycles. The van der Waals surface area contributed by atoms with Gasteiger partial charge in [0.05, 0.1) is 43.8 Å². The van der Waals surface area contributed by atoms with Crippen molar-refractivity contribution in [3.05, 3.63) is 118 Å². The Morgan fingerprint density at radius 2 is 1.21 bits per heavy atom. The number of benzene rings is 5. The third kappa shape index (κ3) is 9.67. The summed E-state index contributed by atoms with van der Waals surface area (Å²) in [7, 11) is -10.7. The number of carbonyl (C=O) groups is 1. The number of nitrogens with two attached hydrogens (primary N) is 3. The number of anilines is 4. The average molecular weight is 810 g/mol. The van der Waals surface area contributed by atoms with Crippen molar-refractivity contribution < 1.29 is 89.9 Å². The fourth-order valence-corrected chi connectivity index (χ4v) is 6.79. The number of rotatable bonds is 9. The number of ketones is 1. The van der Waals surface area contributed by atoms with Gasteiger partial charge in [-0.3, -0.25) is 10.2 Å². The van der Waals surface area contributed by atoms with Gasteiger partial charge in [0.15, 0.2) is 0 Å². The van der Waals surface area contributed by atoms with E-state index in [1.165, 1.54) is 0 Å². The Bertz CT molecular complexity index is 2730. The van der Waals surface area contributed by atoms with E-state index in [9.17, 15) is 30.7 Å². The quantitative estimate of drug-likeness (QED) is 0.0536. The van der Waals surface area contributed by atoms with Gasteiger partial charge in [0.1, 0.15) is 37.3 Å². The smallest absolute Gasteiger partial charge is 0.744 e. The van der Waals surface area contributed by atoms with Crippen molar-refractivity contribution in [2.24, 2.45) is 25.6 Å². The number of para-hydroxylation sites is 1. The molecule has 0 spiro atoms. The molecule has 0 atom stereocenters. The summed E-state index contributed by atoms with van der Waals surface area (Å²) < 4.78 is 73.7. The van der Waals surface area contributed by atoms with Crippen molar-refractivity contribution >= 4 is 83.3 Å². The first-order valence-electron chi connectivity index (χ1n) is 15.7. The van der Waals surface area contributed by atoms with Gasteiger partial charge in [0, 0.05) is 5.69 Å². The predicted molar refractivity (Wildman–Crippen MR) is 203 cm³/mol. The molecule has 1 aliphatic rings. The van der Waals surface area contributed by atoms with Crippen molar-refractivity contribution in [2.45, 2.75) is 18.7 Å². The van der Waals surface area contributed by atoms with Gasteiger partial charge in [-0.25, -0.2) is 16.8 Å². The van der Waals surface area contributed by atoms with Gasteiger partial charge in [-0.2, -0.15) is 15.3 Å². The number of nitrogen functional groups attached to an aromatic ring is 3.